The van der Waals surface area contributed by atoms with Gasteiger partial charge in [-0.15, -0.1) is 0 Å². The van der Waals surface area contributed by atoms with Gasteiger partial charge in [0.15, 0.2) is 0 Å². The van der Waals surface area contributed by atoms with Gasteiger partial charge in [0.1, 0.15) is 0 Å². The third-order valence-electron chi connectivity index (χ3n) is 3.37. The number of carbonyl (C=O) groups excluding carboxylic acids is 1. The van der Waals surface area contributed by atoms with Gasteiger partial charge < -0.3 is 10.2 Å². The highest BCUT2D eigenvalue weighted by molar-refractivity contribution is 6.32. The molecule has 1 aromatic carbocycles. The lowest BCUT2D eigenvalue weighted by molar-refractivity contribution is -0.119. The highest BCUT2D eigenvalue weighted by Gasteiger charge is 2.34. The Labute approximate surface area is 99.4 Å². The van der Waals surface area contributed by atoms with Crippen LogP contribution in [-0.4, -0.2) is 25.0 Å². The maximum Gasteiger partial charge on any atom is 0.241 e. The van der Waals surface area contributed by atoms with Crippen molar-refractivity contribution in [2.24, 2.45) is 0 Å². The molecular weight excluding hydrogens is 224 g/mol. The number of halogens is 1. The summed E-state index contributed by atoms with van der Waals surface area (Å²) in [5, 5.41) is 3.93. The van der Waals surface area contributed by atoms with Crippen LogP contribution in [-0.2, 0) is 11.2 Å². The average Bonchev–Trinajstić information content (AvgIpc) is 2.29. The third kappa shape index (κ3) is 1.43. The van der Waals surface area contributed by atoms with Crippen LogP contribution < -0.4 is 10.2 Å². The fourth-order valence-corrected chi connectivity index (χ4v) is 2.88. The van der Waals surface area contributed by atoms with Crippen LogP contribution in [0.3, 0.4) is 0 Å². The molecule has 2 heterocycles. The van der Waals surface area contributed by atoms with Crippen molar-refractivity contribution in [1.29, 1.82) is 0 Å². The molecule has 0 saturated carbocycles. The molecule has 84 valence electrons. The molecule has 1 saturated heterocycles. The van der Waals surface area contributed by atoms with Crippen LogP contribution in [0.4, 0.5) is 5.69 Å². The number of nitrogens with one attached hydrogen (secondary N) is 1. The van der Waals surface area contributed by atoms with Gasteiger partial charge in [0.25, 0.3) is 0 Å². The van der Waals surface area contributed by atoms with E-state index in [1.165, 1.54) is 0 Å². The number of nitrogens with zero attached hydrogens (tertiary/aromatic N) is 1. The fraction of sp³-hybridized carbons (Fsp3) is 0.417. The number of hydrogen-bond donors (Lipinski definition) is 1. The van der Waals surface area contributed by atoms with Crippen LogP contribution in [0.5, 0.6) is 0 Å². The van der Waals surface area contributed by atoms with E-state index in [1.54, 1.807) is 0 Å². The first kappa shape index (κ1) is 10.1. The second kappa shape index (κ2) is 3.75. The zero-order valence-electron chi connectivity index (χ0n) is 8.87. The van der Waals surface area contributed by atoms with Crippen LogP contribution in [0.1, 0.15) is 12.0 Å². The molecule has 2 aliphatic rings. The van der Waals surface area contributed by atoms with Crippen LogP contribution in [0.25, 0.3) is 0 Å². The largest absolute Gasteiger partial charge is 0.307 e. The molecule has 0 bridgehead atoms. The van der Waals surface area contributed by atoms with Gasteiger partial charge in [-0.3, -0.25) is 4.79 Å². The van der Waals surface area contributed by atoms with Gasteiger partial charge in [0.05, 0.1) is 6.54 Å². The molecule has 1 amide bonds. The van der Waals surface area contributed by atoms with E-state index in [-0.39, 0.29) is 5.91 Å². The van der Waals surface area contributed by atoms with E-state index in [0.29, 0.717) is 12.6 Å². The zero-order chi connectivity index (χ0) is 11.1. The van der Waals surface area contributed by atoms with Crippen molar-refractivity contribution < 1.29 is 4.79 Å². The highest BCUT2D eigenvalue weighted by atomic mass is 35.5. The molecule has 1 fully saturated rings. The van der Waals surface area contributed by atoms with Crippen molar-refractivity contribution >= 4 is 23.2 Å². The van der Waals surface area contributed by atoms with Gasteiger partial charge in [-0.05, 0) is 30.5 Å². The monoisotopic (exact) mass is 236 g/mol. The molecule has 1 atom stereocenters. The average molecular weight is 237 g/mol. The predicted molar refractivity (Wildman–Crippen MR) is 63.9 cm³/mol. The Bertz CT molecular complexity index is 447. The Morgan fingerprint density at radius 2 is 2.31 bits per heavy atom. The summed E-state index contributed by atoms with van der Waals surface area (Å²) < 4.78 is 0. The normalized spacial score (nSPS) is 23.9. The van der Waals surface area contributed by atoms with E-state index < -0.39 is 0 Å². The SMILES string of the molecule is O=C1CNCC2CCc3c(Cl)cccc3N12. The van der Waals surface area contributed by atoms with Gasteiger partial charge >= 0.3 is 0 Å². The standard InChI is InChI=1S/C12H13ClN2O/c13-10-2-1-3-11-9(10)5-4-8-6-14-7-12(16)15(8)11/h1-3,8,14H,4-7H2. The van der Waals surface area contributed by atoms with Crippen molar-refractivity contribution in [3.8, 4) is 0 Å². The van der Waals surface area contributed by atoms with E-state index in [9.17, 15) is 4.79 Å². The minimum absolute atomic E-state index is 0.152. The van der Waals surface area contributed by atoms with Crippen molar-refractivity contribution in [2.45, 2.75) is 18.9 Å². The molecule has 16 heavy (non-hydrogen) atoms. The summed E-state index contributed by atoms with van der Waals surface area (Å²) in [5.41, 5.74) is 2.13. The summed E-state index contributed by atoms with van der Waals surface area (Å²) in [6.45, 7) is 1.32. The molecule has 0 aromatic heterocycles. The van der Waals surface area contributed by atoms with Crippen LogP contribution in [0.15, 0.2) is 18.2 Å². The number of amides is 1. The molecule has 0 aliphatic carbocycles. The van der Waals surface area contributed by atoms with Crippen molar-refractivity contribution in [1.82, 2.24) is 5.32 Å². The smallest absolute Gasteiger partial charge is 0.241 e. The lowest BCUT2D eigenvalue weighted by atomic mass is 9.94. The molecule has 3 nitrogen and oxygen atoms in total. The number of rotatable bonds is 0. The van der Waals surface area contributed by atoms with Crippen LogP contribution in [0.2, 0.25) is 5.02 Å². The van der Waals surface area contributed by atoms with Gasteiger partial charge in [0.2, 0.25) is 5.91 Å². The minimum Gasteiger partial charge on any atom is -0.307 e. The predicted octanol–water partition coefficient (Wildman–Crippen LogP) is 1.59. The van der Waals surface area contributed by atoms with Crippen molar-refractivity contribution in [2.75, 3.05) is 18.0 Å². The Kier molecular flexibility index (Phi) is 2.37. The quantitative estimate of drug-likeness (QED) is 0.742. The molecule has 2 aliphatic heterocycles. The van der Waals surface area contributed by atoms with Gasteiger partial charge in [-0.2, -0.15) is 0 Å². The summed E-state index contributed by atoms with van der Waals surface area (Å²) >= 11 is 6.17. The lowest BCUT2D eigenvalue weighted by Crippen LogP contribution is -2.56. The first-order chi connectivity index (χ1) is 7.77. The zero-order valence-corrected chi connectivity index (χ0v) is 9.63. The van der Waals surface area contributed by atoms with Gasteiger partial charge in [0, 0.05) is 23.3 Å². The number of hydrogen-bond acceptors (Lipinski definition) is 2. The summed E-state index contributed by atoms with van der Waals surface area (Å²) in [4.78, 5) is 13.8. The number of fused-ring (bicyclic) bond motifs is 3. The first-order valence-corrected chi connectivity index (χ1v) is 5.95. The Balaban J connectivity index is 2.09. The third-order valence-corrected chi connectivity index (χ3v) is 3.73. The van der Waals surface area contributed by atoms with E-state index in [4.69, 9.17) is 11.6 Å². The lowest BCUT2D eigenvalue weighted by Gasteiger charge is -2.40. The molecular formula is C12H13ClN2O. The molecule has 0 radical (unpaired) electrons. The summed E-state index contributed by atoms with van der Waals surface area (Å²) in [6, 6.07) is 6.11. The Hall–Kier alpha value is -1.06. The van der Waals surface area contributed by atoms with E-state index in [2.05, 4.69) is 5.32 Å². The van der Waals surface area contributed by atoms with Crippen LogP contribution >= 0.6 is 11.6 Å². The number of anilines is 1. The van der Waals surface area contributed by atoms with Crippen LogP contribution in [0, 0.1) is 0 Å². The number of carbonyl (C=O) groups is 1. The fourth-order valence-electron chi connectivity index (χ4n) is 2.62. The maximum absolute atomic E-state index is 11.9. The minimum atomic E-state index is 0.152. The van der Waals surface area contributed by atoms with Gasteiger partial charge in [-0.25, -0.2) is 0 Å². The first-order valence-electron chi connectivity index (χ1n) is 5.57. The topological polar surface area (TPSA) is 32.3 Å². The molecule has 1 aromatic rings. The number of piperazine rings is 1. The van der Waals surface area contributed by atoms with E-state index in [1.807, 2.05) is 23.1 Å². The van der Waals surface area contributed by atoms with Crippen molar-refractivity contribution in [3.05, 3.63) is 28.8 Å². The summed E-state index contributed by atoms with van der Waals surface area (Å²) in [6.07, 6.45) is 1.96. The second-order valence-corrected chi connectivity index (χ2v) is 4.73. The second-order valence-electron chi connectivity index (χ2n) is 4.32. The maximum atomic E-state index is 11.9. The molecule has 1 N–H and O–H groups in total. The summed E-state index contributed by atoms with van der Waals surface area (Å²) in [7, 11) is 0. The molecule has 1 unspecified atom stereocenters. The summed E-state index contributed by atoms with van der Waals surface area (Å²) in [5.74, 6) is 0.152. The van der Waals surface area contributed by atoms with Crippen molar-refractivity contribution in [3.63, 3.8) is 0 Å². The molecule has 3 rings (SSSR count). The Morgan fingerprint density at radius 1 is 1.44 bits per heavy atom. The van der Waals surface area contributed by atoms with E-state index in [0.717, 1.165) is 35.7 Å². The van der Waals surface area contributed by atoms with Gasteiger partial charge in [-0.1, -0.05) is 17.7 Å². The van der Waals surface area contributed by atoms with E-state index >= 15 is 0 Å². The molecule has 0 spiro atoms. The molecule has 4 heteroatoms. The Morgan fingerprint density at radius 3 is 3.19 bits per heavy atom. The number of benzene rings is 1. The highest BCUT2D eigenvalue weighted by Crippen LogP contribution is 2.35.